The molecule has 6 heteroatoms. The van der Waals surface area contributed by atoms with Crippen LogP contribution in [0, 0.1) is 5.82 Å². The van der Waals surface area contributed by atoms with E-state index < -0.39 is 0 Å². The Kier molecular flexibility index (Phi) is 8.43. The van der Waals surface area contributed by atoms with Gasteiger partial charge < -0.3 is 20.4 Å². The molecule has 176 valence electrons. The van der Waals surface area contributed by atoms with Crippen LogP contribution in [0.25, 0.3) is 10.9 Å². The Hall–Kier alpha value is -3.48. The van der Waals surface area contributed by atoms with Crippen molar-refractivity contribution in [1.82, 2.24) is 15.6 Å². The van der Waals surface area contributed by atoms with E-state index in [-0.39, 0.29) is 24.9 Å². The predicted octanol–water partition coefficient (Wildman–Crippen LogP) is 4.51. The molecule has 5 nitrogen and oxygen atoms in total. The van der Waals surface area contributed by atoms with E-state index in [9.17, 15) is 9.18 Å². The second-order valence-corrected chi connectivity index (χ2v) is 8.32. The van der Waals surface area contributed by atoms with Crippen LogP contribution in [-0.2, 0) is 35.5 Å². The number of aromatic amines is 1. The highest BCUT2D eigenvalue weighted by Gasteiger charge is 2.04. The molecule has 0 radical (unpaired) electrons. The number of carbonyl (C=O) groups is 1. The minimum Gasteiger partial charge on any atom is -0.367 e. The summed E-state index contributed by atoms with van der Waals surface area (Å²) in [7, 11) is 0. The fraction of sp³-hybridized carbons (Fsp3) is 0.250. The summed E-state index contributed by atoms with van der Waals surface area (Å²) in [6, 6.07) is 22.9. The summed E-state index contributed by atoms with van der Waals surface area (Å²) in [4.78, 5) is 15.3. The van der Waals surface area contributed by atoms with Crippen LogP contribution in [-0.4, -0.2) is 30.6 Å². The number of fused-ring (bicyclic) bond motifs is 1. The summed E-state index contributed by atoms with van der Waals surface area (Å²) in [5.74, 6) is -0.439. The molecule has 0 atom stereocenters. The Morgan fingerprint density at radius 1 is 0.853 bits per heavy atom. The molecule has 0 fully saturated rings. The highest BCUT2D eigenvalue weighted by atomic mass is 19.1. The maximum Gasteiger partial charge on any atom is 0.246 e. The van der Waals surface area contributed by atoms with Gasteiger partial charge in [0.05, 0.1) is 6.61 Å². The first-order chi connectivity index (χ1) is 16.7. The number of hydrogen-bond acceptors (Lipinski definition) is 3. The summed E-state index contributed by atoms with van der Waals surface area (Å²) in [5.41, 5.74) is 5.76. The molecule has 4 rings (SSSR count). The number of benzene rings is 3. The molecular weight excluding hydrogens is 429 g/mol. The van der Waals surface area contributed by atoms with Crippen molar-refractivity contribution in [2.75, 3.05) is 19.7 Å². The molecular formula is C28H30FN3O2. The lowest BCUT2D eigenvalue weighted by Gasteiger charge is -2.08. The average molecular weight is 460 g/mol. The van der Waals surface area contributed by atoms with Crippen LogP contribution in [0.3, 0.4) is 0 Å². The first-order valence-electron chi connectivity index (χ1n) is 11.6. The Bertz CT molecular complexity index is 1190. The molecule has 3 N–H and O–H groups in total. The Morgan fingerprint density at radius 2 is 1.59 bits per heavy atom. The van der Waals surface area contributed by atoms with Crippen molar-refractivity contribution in [1.29, 1.82) is 0 Å². The fourth-order valence-electron chi connectivity index (χ4n) is 3.86. The van der Waals surface area contributed by atoms with E-state index in [0.717, 1.165) is 31.5 Å². The number of carbonyl (C=O) groups excluding carboxylic acids is 1. The quantitative estimate of drug-likeness (QED) is 0.273. The first-order valence-corrected chi connectivity index (χ1v) is 11.6. The standard InChI is InChI=1S/C28H30FN3O2/c29-25-11-9-23(10-12-25)19-34-20-28(33)31-16-13-21-5-7-22(8-6-21)17-30-15-14-24-18-32-27-4-2-1-3-26(24)27/h1-12,18,30,32H,13-17,19-20H2,(H,31,33). The first kappa shape index (κ1) is 23.7. The molecule has 0 aliphatic heterocycles. The van der Waals surface area contributed by atoms with Gasteiger partial charge in [0, 0.05) is 30.2 Å². The van der Waals surface area contributed by atoms with Crippen LogP contribution in [0.2, 0.25) is 0 Å². The van der Waals surface area contributed by atoms with Crippen molar-refractivity contribution in [3.05, 3.63) is 107 Å². The second kappa shape index (κ2) is 12.1. The molecule has 0 spiro atoms. The van der Waals surface area contributed by atoms with Crippen LogP contribution in [0.15, 0.2) is 79.0 Å². The molecule has 1 amide bonds. The monoisotopic (exact) mass is 459 g/mol. The van der Waals surface area contributed by atoms with E-state index in [4.69, 9.17) is 4.74 Å². The zero-order valence-corrected chi connectivity index (χ0v) is 19.1. The SMILES string of the molecule is O=C(COCc1ccc(F)cc1)NCCc1ccc(CNCCc2c[nH]c3ccccc23)cc1. The third-order valence-electron chi connectivity index (χ3n) is 5.75. The van der Waals surface area contributed by atoms with Gasteiger partial charge in [-0.3, -0.25) is 4.79 Å². The van der Waals surface area contributed by atoms with Crippen molar-refractivity contribution in [3.63, 3.8) is 0 Å². The van der Waals surface area contributed by atoms with Crippen molar-refractivity contribution in [2.24, 2.45) is 0 Å². The van der Waals surface area contributed by atoms with Gasteiger partial charge in [-0.2, -0.15) is 0 Å². The van der Waals surface area contributed by atoms with Crippen molar-refractivity contribution >= 4 is 16.8 Å². The van der Waals surface area contributed by atoms with Crippen LogP contribution in [0.4, 0.5) is 4.39 Å². The zero-order valence-electron chi connectivity index (χ0n) is 19.1. The maximum absolute atomic E-state index is 12.9. The predicted molar refractivity (Wildman–Crippen MR) is 133 cm³/mol. The lowest BCUT2D eigenvalue weighted by atomic mass is 10.1. The van der Waals surface area contributed by atoms with Gasteiger partial charge in [0.1, 0.15) is 12.4 Å². The Morgan fingerprint density at radius 3 is 2.41 bits per heavy atom. The normalized spacial score (nSPS) is 11.1. The van der Waals surface area contributed by atoms with Crippen LogP contribution in [0.5, 0.6) is 0 Å². The number of halogens is 1. The minimum absolute atomic E-state index is 0.0134. The average Bonchev–Trinajstić information content (AvgIpc) is 3.27. The van der Waals surface area contributed by atoms with E-state index in [1.165, 1.54) is 39.7 Å². The lowest BCUT2D eigenvalue weighted by molar-refractivity contribution is -0.126. The maximum atomic E-state index is 12.9. The Balaban J connectivity index is 1.09. The summed E-state index contributed by atoms with van der Waals surface area (Å²) < 4.78 is 18.3. The number of aromatic nitrogens is 1. The van der Waals surface area contributed by atoms with Gasteiger partial charge in [-0.1, -0.05) is 54.6 Å². The van der Waals surface area contributed by atoms with Gasteiger partial charge in [-0.05, 0) is 59.8 Å². The minimum atomic E-state index is -0.285. The second-order valence-electron chi connectivity index (χ2n) is 8.32. The molecule has 0 saturated carbocycles. The number of para-hydroxylation sites is 1. The molecule has 1 aromatic heterocycles. The van der Waals surface area contributed by atoms with Crippen LogP contribution >= 0.6 is 0 Å². The molecule has 0 aliphatic carbocycles. The van der Waals surface area contributed by atoms with Gasteiger partial charge in [0.15, 0.2) is 0 Å². The van der Waals surface area contributed by atoms with Gasteiger partial charge in [-0.15, -0.1) is 0 Å². The summed E-state index contributed by atoms with van der Waals surface area (Å²) in [5, 5.41) is 7.67. The van der Waals surface area contributed by atoms with Gasteiger partial charge in [-0.25, -0.2) is 4.39 Å². The van der Waals surface area contributed by atoms with E-state index in [1.807, 2.05) is 6.07 Å². The van der Waals surface area contributed by atoms with Crippen LogP contribution < -0.4 is 10.6 Å². The van der Waals surface area contributed by atoms with E-state index in [1.54, 1.807) is 12.1 Å². The number of rotatable bonds is 12. The third-order valence-corrected chi connectivity index (χ3v) is 5.75. The molecule has 3 aromatic carbocycles. The summed E-state index contributed by atoms with van der Waals surface area (Å²) in [6.45, 7) is 2.57. The number of amides is 1. The largest absolute Gasteiger partial charge is 0.367 e. The molecule has 0 saturated heterocycles. The van der Waals surface area contributed by atoms with Gasteiger partial charge in [0.2, 0.25) is 5.91 Å². The van der Waals surface area contributed by atoms with Gasteiger partial charge >= 0.3 is 0 Å². The number of ether oxygens (including phenoxy) is 1. The number of nitrogens with one attached hydrogen (secondary N) is 3. The molecule has 0 aliphatic rings. The molecule has 34 heavy (non-hydrogen) atoms. The fourth-order valence-corrected chi connectivity index (χ4v) is 3.86. The van der Waals surface area contributed by atoms with Crippen molar-refractivity contribution < 1.29 is 13.9 Å². The van der Waals surface area contributed by atoms with Gasteiger partial charge in [0.25, 0.3) is 0 Å². The molecule has 0 unspecified atom stereocenters. The van der Waals surface area contributed by atoms with E-state index >= 15 is 0 Å². The van der Waals surface area contributed by atoms with Crippen molar-refractivity contribution in [3.8, 4) is 0 Å². The summed E-state index contributed by atoms with van der Waals surface area (Å²) in [6.07, 6.45) is 3.84. The third kappa shape index (κ3) is 7.01. The summed E-state index contributed by atoms with van der Waals surface area (Å²) >= 11 is 0. The van der Waals surface area contributed by atoms with Crippen LogP contribution in [0.1, 0.15) is 22.3 Å². The zero-order chi connectivity index (χ0) is 23.6. The van der Waals surface area contributed by atoms with E-state index in [0.29, 0.717) is 6.54 Å². The molecule has 1 heterocycles. The van der Waals surface area contributed by atoms with E-state index in [2.05, 4.69) is 64.3 Å². The smallest absolute Gasteiger partial charge is 0.246 e. The highest BCUT2D eigenvalue weighted by Crippen LogP contribution is 2.17. The number of hydrogen-bond donors (Lipinski definition) is 3. The topological polar surface area (TPSA) is 66.2 Å². The highest BCUT2D eigenvalue weighted by molar-refractivity contribution is 5.83. The molecule has 4 aromatic rings. The number of H-pyrrole nitrogens is 1. The lowest BCUT2D eigenvalue weighted by Crippen LogP contribution is -2.29. The Labute approximate surface area is 199 Å². The van der Waals surface area contributed by atoms with Crippen molar-refractivity contribution in [2.45, 2.75) is 26.0 Å². The molecule has 0 bridgehead atoms.